The molecule has 0 radical (unpaired) electrons. The lowest BCUT2D eigenvalue weighted by molar-refractivity contribution is 0.0963. The molecule has 3 N–H and O–H groups in total. The van der Waals surface area contributed by atoms with Crippen molar-refractivity contribution in [2.45, 2.75) is 13.0 Å². The van der Waals surface area contributed by atoms with Gasteiger partial charge in [-0.2, -0.15) is 0 Å². The minimum Gasteiger partial charge on any atom is -0.356 e. The molecule has 0 aromatic heterocycles. The quantitative estimate of drug-likeness (QED) is 0.305. The minimum absolute atomic E-state index is 0. The molecule has 140 valence electrons. The Hall–Kier alpha value is -1.61. The highest BCUT2D eigenvalue weighted by Gasteiger charge is 2.04. The highest BCUT2D eigenvalue weighted by atomic mass is 127. The zero-order valence-electron chi connectivity index (χ0n) is 14.9. The molecular formula is C19H24BrIN4O. The maximum absolute atomic E-state index is 11.7. The Morgan fingerprint density at radius 3 is 2.50 bits per heavy atom. The van der Waals surface area contributed by atoms with Crippen molar-refractivity contribution < 1.29 is 4.79 Å². The summed E-state index contributed by atoms with van der Waals surface area (Å²) in [6, 6.07) is 15.8. The van der Waals surface area contributed by atoms with Gasteiger partial charge in [0.2, 0.25) is 0 Å². The predicted octanol–water partition coefficient (Wildman–Crippen LogP) is 3.33. The maximum Gasteiger partial charge on any atom is 0.251 e. The molecular weight excluding hydrogens is 507 g/mol. The summed E-state index contributed by atoms with van der Waals surface area (Å²) in [5.41, 5.74) is 2.96. The Balaban J connectivity index is 0.00000338. The van der Waals surface area contributed by atoms with Gasteiger partial charge in [0, 0.05) is 37.2 Å². The number of carbonyl (C=O) groups excluding carboxylic acids is 1. The van der Waals surface area contributed by atoms with E-state index in [0.29, 0.717) is 12.1 Å². The van der Waals surface area contributed by atoms with Crippen LogP contribution in [0.5, 0.6) is 0 Å². The molecule has 2 aromatic carbocycles. The zero-order valence-corrected chi connectivity index (χ0v) is 18.8. The van der Waals surface area contributed by atoms with E-state index in [4.69, 9.17) is 0 Å². The van der Waals surface area contributed by atoms with Gasteiger partial charge in [0.1, 0.15) is 0 Å². The van der Waals surface area contributed by atoms with Gasteiger partial charge in [0.25, 0.3) is 5.91 Å². The van der Waals surface area contributed by atoms with Crippen molar-refractivity contribution in [3.8, 4) is 0 Å². The van der Waals surface area contributed by atoms with Crippen molar-refractivity contribution in [3.05, 3.63) is 69.7 Å². The van der Waals surface area contributed by atoms with Gasteiger partial charge < -0.3 is 16.0 Å². The van der Waals surface area contributed by atoms with Gasteiger partial charge in [0.05, 0.1) is 0 Å². The highest BCUT2D eigenvalue weighted by Crippen LogP contribution is 2.11. The largest absolute Gasteiger partial charge is 0.356 e. The van der Waals surface area contributed by atoms with Crippen LogP contribution in [-0.2, 0) is 13.0 Å². The van der Waals surface area contributed by atoms with E-state index in [1.165, 1.54) is 5.56 Å². The normalized spacial score (nSPS) is 10.7. The monoisotopic (exact) mass is 530 g/mol. The SMILES string of the molecule is CN=C(NCCc1cccc(C(=O)NC)c1)NCc1cccc(Br)c1.I. The van der Waals surface area contributed by atoms with E-state index < -0.39 is 0 Å². The number of aliphatic imine (C=N–C) groups is 1. The van der Waals surface area contributed by atoms with Crippen molar-refractivity contribution >= 4 is 51.8 Å². The molecule has 2 aromatic rings. The molecule has 0 saturated carbocycles. The summed E-state index contributed by atoms with van der Waals surface area (Å²) in [6.07, 6.45) is 0.808. The second kappa shape index (κ2) is 11.9. The van der Waals surface area contributed by atoms with E-state index in [1.54, 1.807) is 14.1 Å². The molecule has 0 saturated heterocycles. The molecule has 7 heteroatoms. The van der Waals surface area contributed by atoms with Crippen LogP contribution in [0.3, 0.4) is 0 Å². The molecule has 5 nitrogen and oxygen atoms in total. The second-order valence-electron chi connectivity index (χ2n) is 5.51. The molecule has 0 bridgehead atoms. The van der Waals surface area contributed by atoms with Crippen LogP contribution in [0.15, 0.2) is 58.0 Å². The lowest BCUT2D eigenvalue weighted by Crippen LogP contribution is -2.37. The van der Waals surface area contributed by atoms with Crippen LogP contribution in [0.1, 0.15) is 21.5 Å². The average Bonchev–Trinajstić information content (AvgIpc) is 2.64. The van der Waals surface area contributed by atoms with E-state index >= 15 is 0 Å². The van der Waals surface area contributed by atoms with Crippen LogP contribution in [0, 0.1) is 0 Å². The molecule has 0 fully saturated rings. The molecule has 1 amide bonds. The number of benzene rings is 2. The summed E-state index contributed by atoms with van der Waals surface area (Å²) in [5.74, 6) is 0.684. The van der Waals surface area contributed by atoms with Gasteiger partial charge in [-0.15, -0.1) is 24.0 Å². The molecule has 0 aliphatic rings. The standard InChI is InChI=1S/C19H23BrN4O.HI/c1-21-18(25)16-7-3-5-14(11-16)9-10-23-19(22-2)24-13-15-6-4-8-17(20)12-15;/h3-8,11-12H,9-10,13H2,1-2H3,(H,21,25)(H2,22,23,24);1H. The van der Waals surface area contributed by atoms with E-state index in [-0.39, 0.29) is 29.9 Å². The van der Waals surface area contributed by atoms with Gasteiger partial charge in [-0.05, 0) is 41.8 Å². The fourth-order valence-electron chi connectivity index (χ4n) is 2.39. The Morgan fingerprint density at radius 1 is 1.08 bits per heavy atom. The number of hydrogen-bond acceptors (Lipinski definition) is 2. The number of rotatable bonds is 6. The van der Waals surface area contributed by atoms with Crippen LogP contribution < -0.4 is 16.0 Å². The Kier molecular flexibility index (Phi) is 10.3. The van der Waals surface area contributed by atoms with E-state index in [9.17, 15) is 4.79 Å². The Bertz CT molecular complexity index is 752. The second-order valence-corrected chi connectivity index (χ2v) is 6.43. The summed E-state index contributed by atoms with van der Waals surface area (Å²) in [6.45, 7) is 1.43. The number of guanidine groups is 1. The number of carbonyl (C=O) groups is 1. The fourth-order valence-corrected chi connectivity index (χ4v) is 2.84. The molecule has 0 aliphatic heterocycles. The third-order valence-corrected chi connectivity index (χ3v) is 4.19. The number of amides is 1. The van der Waals surface area contributed by atoms with Crippen molar-refractivity contribution in [3.63, 3.8) is 0 Å². The summed E-state index contributed by atoms with van der Waals surface area (Å²) in [7, 11) is 3.39. The maximum atomic E-state index is 11.7. The van der Waals surface area contributed by atoms with Crippen molar-refractivity contribution in [1.29, 1.82) is 0 Å². The first kappa shape index (κ1) is 22.4. The van der Waals surface area contributed by atoms with Gasteiger partial charge >= 0.3 is 0 Å². The van der Waals surface area contributed by atoms with Crippen LogP contribution in [0.25, 0.3) is 0 Å². The van der Waals surface area contributed by atoms with Crippen molar-refractivity contribution in [2.24, 2.45) is 4.99 Å². The highest BCUT2D eigenvalue weighted by molar-refractivity contribution is 14.0. The lowest BCUT2D eigenvalue weighted by Gasteiger charge is -2.12. The van der Waals surface area contributed by atoms with Gasteiger partial charge in [-0.25, -0.2) is 0 Å². The summed E-state index contributed by atoms with van der Waals surface area (Å²) >= 11 is 3.47. The first-order valence-corrected chi connectivity index (χ1v) is 8.91. The summed E-state index contributed by atoms with van der Waals surface area (Å²) in [5, 5.41) is 9.23. The van der Waals surface area contributed by atoms with Crippen molar-refractivity contribution in [2.75, 3.05) is 20.6 Å². The van der Waals surface area contributed by atoms with Gasteiger partial charge in [-0.3, -0.25) is 9.79 Å². The van der Waals surface area contributed by atoms with Gasteiger partial charge in [0.15, 0.2) is 5.96 Å². The third kappa shape index (κ3) is 7.33. The number of nitrogens with one attached hydrogen (secondary N) is 3. The topological polar surface area (TPSA) is 65.5 Å². The third-order valence-electron chi connectivity index (χ3n) is 3.69. The molecule has 2 rings (SSSR count). The van der Waals surface area contributed by atoms with Crippen LogP contribution in [-0.4, -0.2) is 32.5 Å². The lowest BCUT2D eigenvalue weighted by atomic mass is 10.1. The van der Waals surface area contributed by atoms with Crippen LogP contribution >= 0.6 is 39.9 Å². The Labute approximate surface area is 180 Å². The molecule has 0 aliphatic carbocycles. The van der Waals surface area contributed by atoms with Crippen LogP contribution in [0.2, 0.25) is 0 Å². The molecule has 0 heterocycles. The molecule has 0 unspecified atom stereocenters. The fraction of sp³-hybridized carbons (Fsp3) is 0.263. The van der Waals surface area contributed by atoms with E-state index in [1.807, 2.05) is 36.4 Å². The molecule has 0 spiro atoms. The van der Waals surface area contributed by atoms with Crippen molar-refractivity contribution in [1.82, 2.24) is 16.0 Å². The zero-order chi connectivity index (χ0) is 18.1. The summed E-state index contributed by atoms with van der Waals surface area (Å²) in [4.78, 5) is 15.9. The molecule has 0 atom stereocenters. The molecule has 26 heavy (non-hydrogen) atoms. The Morgan fingerprint density at radius 2 is 1.81 bits per heavy atom. The minimum atomic E-state index is -0.0682. The summed E-state index contributed by atoms with van der Waals surface area (Å²) < 4.78 is 1.06. The first-order chi connectivity index (χ1) is 12.1. The predicted molar refractivity (Wildman–Crippen MR) is 121 cm³/mol. The van der Waals surface area contributed by atoms with Gasteiger partial charge in [-0.1, -0.05) is 40.2 Å². The number of nitrogens with zero attached hydrogens (tertiary/aromatic N) is 1. The number of halogens is 2. The smallest absolute Gasteiger partial charge is 0.251 e. The first-order valence-electron chi connectivity index (χ1n) is 8.12. The van der Waals surface area contributed by atoms with E-state index in [0.717, 1.165) is 29.0 Å². The van der Waals surface area contributed by atoms with Crippen LogP contribution in [0.4, 0.5) is 0 Å². The average molecular weight is 531 g/mol. The number of hydrogen-bond donors (Lipinski definition) is 3. The van der Waals surface area contributed by atoms with E-state index in [2.05, 4.69) is 49.0 Å².